The van der Waals surface area contributed by atoms with E-state index in [0.29, 0.717) is 13.1 Å². The van der Waals surface area contributed by atoms with Gasteiger partial charge in [-0.05, 0) is 62.0 Å². The molecule has 1 fully saturated rings. The van der Waals surface area contributed by atoms with Crippen LogP contribution in [0.1, 0.15) is 36.8 Å². The zero-order chi connectivity index (χ0) is 16.1. The number of hydrogen-bond donors (Lipinski definition) is 1. The van der Waals surface area contributed by atoms with E-state index in [1.54, 1.807) is 0 Å². The molecule has 1 aromatic carbocycles. The summed E-state index contributed by atoms with van der Waals surface area (Å²) in [6.45, 7) is 5.33. The smallest absolute Gasteiger partial charge is 0.407 e. The third-order valence-electron chi connectivity index (χ3n) is 4.80. The van der Waals surface area contributed by atoms with E-state index in [1.807, 2.05) is 12.1 Å². The molecule has 1 amide bonds. The topological polar surface area (TPSA) is 53.0 Å². The van der Waals surface area contributed by atoms with Crippen molar-refractivity contribution in [2.45, 2.75) is 38.6 Å². The molecule has 1 aromatic rings. The predicted molar refractivity (Wildman–Crippen MR) is 89.0 cm³/mol. The molecular formula is C18H26N2O3. The molecule has 126 valence electrons. The van der Waals surface area contributed by atoms with Crippen LogP contribution in [0.3, 0.4) is 0 Å². The predicted octanol–water partition coefficient (Wildman–Crippen LogP) is 2.98. The standard InChI is InChI=1S/C18H26N2O3/c21-18(22)20-11-7-15-5-6-17(13-16(15)14-20)23-12-4-10-19-8-2-1-3-9-19/h5-6,13H,1-4,7-12,14H2,(H,21,22). The number of ether oxygens (including phenoxy) is 1. The van der Waals surface area contributed by atoms with Gasteiger partial charge in [-0.2, -0.15) is 0 Å². The second-order valence-corrected chi connectivity index (χ2v) is 6.49. The van der Waals surface area contributed by atoms with Crippen molar-refractivity contribution in [3.8, 4) is 5.75 Å². The zero-order valence-corrected chi connectivity index (χ0v) is 13.7. The van der Waals surface area contributed by atoms with Crippen molar-refractivity contribution in [3.05, 3.63) is 29.3 Å². The summed E-state index contributed by atoms with van der Waals surface area (Å²) in [5, 5.41) is 9.12. The number of carboxylic acid groups (broad SMARTS) is 1. The largest absolute Gasteiger partial charge is 0.494 e. The van der Waals surface area contributed by atoms with Crippen LogP contribution in [-0.2, 0) is 13.0 Å². The minimum absolute atomic E-state index is 0.468. The Hall–Kier alpha value is -1.75. The first-order valence-corrected chi connectivity index (χ1v) is 8.67. The van der Waals surface area contributed by atoms with E-state index in [-0.39, 0.29) is 0 Å². The molecule has 0 saturated carbocycles. The molecule has 0 atom stereocenters. The fourth-order valence-electron chi connectivity index (χ4n) is 3.45. The van der Waals surface area contributed by atoms with Gasteiger partial charge in [0.2, 0.25) is 0 Å². The monoisotopic (exact) mass is 318 g/mol. The van der Waals surface area contributed by atoms with Crippen molar-refractivity contribution in [2.24, 2.45) is 0 Å². The number of carbonyl (C=O) groups is 1. The Kier molecular flexibility index (Phi) is 5.39. The van der Waals surface area contributed by atoms with Gasteiger partial charge in [-0.15, -0.1) is 0 Å². The molecule has 0 bridgehead atoms. The highest BCUT2D eigenvalue weighted by atomic mass is 16.5. The summed E-state index contributed by atoms with van der Waals surface area (Å²) in [5.41, 5.74) is 2.32. The SMILES string of the molecule is O=C(O)N1CCc2ccc(OCCCN3CCCCC3)cc2C1. The molecule has 1 saturated heterocycles. The lowest BCUT2D eigenvalue weighted by molar-refractivity contribution is 0.140. The van der Waals surface area contributed by atoms with Crippen LogP contribution in [0.15, 0.2) is 18.2 Å². The number of hydrogen-bond acceptors (Lipinski definition) is 3. The van der Waals surface area contributed by atoms with E-state index in [2.05, 4.69) is 11.0 Å². The summed E-state index contributed by atoms with van der Waals surface area (Å²) in [7, 11) is 0. The van der Waals surface area contributed by atoms with E-state index < -0.39 is 6.09 Å². The number of rotatable bonds is 5. The van der Waals surface area contributed by atoms with E-state index >= 15 is 0 Å². The lowest BCUT2D eigenvalue weighted by Gasteiger charge is -2.27. The Bertz CT molecular complexity index is 541. The summed E-state index contributed by atoms with van der Waals surface area (Å²) >= 11 is 0. The van der Waals surface area contributed by atoms with Gasteiger partial charge in [-0.1, -0.05) is 12.5 Å². The molecule has 0 unspecified atom stereocenters. The average Bonchev–Trinajstić information content (AvgIpc) is 2.59. The first-order chi connectivity index (χ1) is 11.2. The van der Waals surface area contributed by atoms with Crippen LogP contribution >= 0.6 is 0 Å². The minimum Gasteiger partial charge on any atom is -0.494 e. The van der Waals surface area contributed by atoms with Gasteiger partial charge in [-0.3, -0.25) is 0 Å². The Morgan fingerprint density at radius 2 is 1.96 bits per heavy atom. The van der Waals surface area contributed by atoms with Crippen LogP contribution in [-0.4, -0.2) is 53.8 Å². The summed E-state index contributed by atoms with van der Waals surface area (Å²) < 4.78 is 5.87. The molecule has 0 aromatic heterocycles. The summed E-state index contributed by atoms with van der Waals surface area (Å²) in [6, 6.07) is 6.09. The molecule has 3 rings (SSSR count). The first kappa shape index (κ1) is 16.1. The number of benzene rings is 1. The van der Waals surface area contributed by atoms with Crippen molar-refractivity contribution >= 4 is 6.09 Å². The van der Waals surface area contributed by atoms with Crippen LogP contribution in [0.2, 0.25) is 0 Å². The Balaban J connectivity index is 1.47. The summed E-state index contributed by atoms with van der Waals surface area (Å²) in [6.07, 6.45) is 5.01. The molecule has 5 heteroatoms. The van der Waals surface area contributed by atoms with Crippen molar-refractivity contribution in [1.82, 2.24) is 9.80 Å². The highest BCUT2D eigenvalue weighted by Gasteiger charge is 2.20. The maximum Gasteiger partial charge on any atom is 0.407 e. The second-order valence-electron chi connectivity index (χ2n) is 6.49. The molecule has 0 radical (unpaired) electrons. The second kappa shape index (κ2) is 7.68. The van der Waals surface area contributed by atoms with Crippen LogP contribution in [0, 0.1) is 0 Å². The van der Waals surface area contributed by atoms with Crippen molar-refractivity contribution in [1.29, 1.82) is 0 Å². The maximum absolute atomic E-state index is 11.1. The number of amides is 1. The number of fused-ring (bicyclic) bond motifs is 1. The van der Waals surface area contributed by atoms with Gasteiger partial charge in [0.15, 0.2) is 0 Å². The van der Waals surface area contributed by atoms with Gasteiger partial charge < -0.3 is 19.6 Å². The highest BCUT2D eigenvalue weighted by molar-refractivity contribution is 5.65. The van der Waals surface area contributed by atoms with Gasteiger partial charge in [0.25, 0.3) is 0 Å². The zero-order valence-electron chi connectivity index (χ0n) is 13.7. The van der Waals surface area contributed by atoms with Gasteiger partial charge in [-0.25, -0.2) is 4.79 Å². The van der Waals surface area contributed by atoms with Crippen molar-refractivity contribution in [3.63, 3.8) is 0 Å². The fourth-order valence-corrected chi connectivity index (χ4v) is 3.45. The van der Waals surface area contributed by atoms with Crippen LogP contribution in [0.5, 0.6) is 5.75 Å². The molecule has 5 nitrogen and oxygen atoms in total. The van der Waals surface area contributed by atoms with Gasteiger partial charge >= 0.3 is 6.09 Å². The summed E-state index contributed by atoms with van der Waals surface area (Å²) in [5.74, 6) is 0.856. The number of nitrogens with zero attached hydrogens (tertiary/aromatic N) is 2. The van der Waals surface area contributed by atoms with Crippen LogP contribution < -0.4 is 4.74 Å². The van der Waals surface area contributed by atoms with E-state index in [0.717, 1.165) is 37.3 Å². The average molecular weight is 318 g/mol. The quantitative estimate of drug-likeness (QED) is 0.848. The maximum atomic E-state index is 11.1. The molecule has 2 aliphatic rings. The molecule has 0 spiro atoms. The fraction of sp³-hybridized carbons (Fsp3) is 0.611. The van der Waals surface area contributed by atoms with Gasteiger partial charge in [0, 0.05) is 19.6 Å². The van der Waals surface area contributed by atoms with E-state index in [4.69, 9.17) is 9.84 Å². The van der Waals surface area contributed by atoms with Crippen molar-refractivity contribution < 1.29 is 14.6 Å². The minimum atomic E-state index is -0.844. The van der Waals surface area contributed by atoms with Gasteiger partial charge in [0.1, 0.15) is 5.75 Å². The number of likely N-dealkylation sites (tertiary alicyclic amines) is 1. The Labute approximate surface area is 137 Å². The lowest BCUT2D eigenvalue weighted by Crippen LogP contribution is -2.34. The van der Waals surface area contributed by atoms with Crippen LogP contribution in [0.4, 0.5) is 4.79 Å². The van der Waals surface area contributed by atoms with Gasteiger partial charge in [0.05, 0.1) is 6.61 Å². The highest BCUT2D eigenvalue weighted by Crippen LogP contribution is 2.24. The number of piperidine rings is 1. The summed E-state index contributed by atoms with van der Waals surface area (Å²) in [4.78, 5) is 15.1. The molecule has 23 heavy (non-hydrogen) atoms. The lowest BCUT2D eigenvalue weighted by atomic mass is 10.00. The molecule has 0 aliphatic carbocycles. The normalized spacial score (nSPS) is 18.5. The first-order valence-electron chi connectivity index (χ1n) is 8.67. The van der Waals surface area contributed by atoms with Crippen LogP contribution in [0.25, 0.3) is 0 Å². The molecule has 2 heterocycles. The van der Waals surface area contributed by atoms with Crippen molar-refractivity contribution in [2.75, 3.05) is 32.8 Å². The van der Waals surface area contributed by atoms with E-state index in [9.17, 15) is 4.79 Å². The molecule has 2 aliphatic heterocycles. The van der Waals surface area contributed by atoms with E-state index in [1.165, 1.54) is 42.8 Å². The molecule has 1 N–H and O–H groups in total. The molecular weight excluding hydrogens is 292 g/mol. The third-order valence-corrected chi connectivity index (χ3v) is 4.80. The Morgan fingerprint density at radius 1 is 1.13 bits per heavy atom. The third kappa shape index (κ3) is 4.38. The Morgan fingerprint density at radius 3 is 2.74 bits per heavy atom.